The lowest BCUT2D eigenvalue weighted by Crippen LogP contribution is -2.01. The van der Waals surface area contributed by atoms with Crippen LogP contribution in [0.4, 0.5) is 0 Å². The molecule has 0 saturated heterocycles. The lowest BCUT2D eigenvalue weighted by Gasteiger charge is -2.17. The van der Waals surface area contributed by atoms with Crippen LogP contribution >= 0.6 is 0 Å². The first kappa shape index (κ1) is 36.0. The van der Waals surface area contributed by atoms with Crippen LogP contribution in [-0.2, 0) is 0 Å². The van der Waals surface area contributed by atoms with E-state index in [9.17, 15) is 5.26 Å². The van der Waals surface area contributed by atoms with E-state index in [2.05, 4.69) is 97.1 Å². The Morgan fingerprint density at radius 1 is 0.300 bits per heavy atom. The fourth-order valence-electron chi connectivity index (χ4n) is 7.74. The molecule has 280 valence electrons. The van der Waals surface area contributed by atoms with Crippen molar-refractivity contribution in [1.82, 2.24) is 24.9 Å². The minimum absolute atomic E-state index is 0.549. The first-order chi connectivity index (χ1) is 29.7. The quantitative estimate of drug-likeness (QED) is 0.153. The van der Waals surface area contributed by atoms with Gasteiger partial charge in [-0.25, -0.2) is 24.9 Å². The van der Waals surface area contributed by atoms with Crippen molar-refractivity contribution in [2.45, 2.75) is 0 Å². The minimum atomic E-state index is 0.549. The average Bonchev–Trinajstić information content (AvgIpc) is 3.34. The number of benzene rings is 8. The highest BCUT2D eigenvalue weighted by Crippen LogP contribution is 2.41. The van der Waals surface area contributed by atoms with E-state index in [4.69, 9.17) is 24.9 Å². The molecule has 60 heavy (non-hydrogen) atoms. The second kappa shape index (κ2) is 15.9. The molecule has 6 nitrogen and oxygen atoms in total. The van der Waals surface area contributed by atoms with Gasteiger partial charge in [-0.3, -0.25) is 0 Å². The molecule has 0 saturated carbocycles. The van der Waals surface area contributed by atoms with Gasteiger partial charge in [-0.2, -0.15) is 5.26 Å². The molecular formula is C54H34N6. The van der Waals surface area contributed by atoms with Crippen molar-refractivity contribution in [2.75, 3.05) is 0 Å². The largest absolute Gasteiger partial charge is 0.228 e. The summed E-state index contributed by atoms with van der Waals surface area (Å²) in [6.45, 7) is 0. The molecule has 0 unspecified atom stereocenters. The van der Waals surface area contributed by atoms with Crippen molar-refractivity contribution in [2.24, 2.45) is 0 Å². The predicted molar refractivity (Wildman–Crippen MR) is 241 cm³/mol. The SMILES string of the molecule is N#Cc1cccc(-c2cccc(-c3nc(-c4ccccc4)nc(-c4ccccc4-c4ccccc4-c4ccccc4-c4nc(-c5ccccc5)c5ccccc5n4)n3)c2)c1. The normalized spacial score (nSPS) is 11.0. The van der Waals surface area contributed by atoms with Crippen LogP contribution in [0.3, 0.4) is 0 Å². The molecule has 10 aromatic rings. The molecule has 0 N–H and O–H groups in total. The Labute approximate surface area is 347 Å². The Morgan fingerprint density at radius 2 is 0.733 bits per heavy atom. The summed E-state index contributed by atoms with van der Waals surface area (Å²) in [7, 11) is 0. The van der Waals surface area contributed by atoms with Gasteiger partial charge in [0.25, 0.3) is 0 Å². The molecule has 10 rings (SSSR count). The van der Waals surface area contributed by atoms with E-state index in [-0.39, 0.29) is 0 Å². The van der Waals surface area contributed by atoms with Gasteiger partial charge in [-0.1, -0.05) is 182 Å². The fourth-order valence-corrected chi connectivity index (χ4v) is 7.74. The van der Waals surface area contributed by atoms with Gasteiger partial charge in [-0.05, 0) is 57.6 Å². The molecule has 2 heterocycles. The highest BCUT2D eigenvalue weighted by Gasteiger charge is 2.20. The number of hydrogen-bond donors (Lipinski definition) is 0. The molecule has 0 amide bonds. The number of fused-ring (bicyclic) bond motifs is 1. The highest BCUT2D eigenvalue weighted by atomic mass is 15.0. The van der Waals surface area contributed by atoms with Crippen LogP contribution in [0.5, 0.6) is 0 Å². The molecule has 6 heteroatoms. The van der Waals surface area contributed by atoms with Crippen LogP contribution < -0.4 is 0 Å². The van der Waals surface area contributed by atoms with E-state index in [1.165, 1.54) is 0 Å². The van der Waals surface area contributed by atoms with E-state index in [1.807, 2.05) is 115 Å². The number of para-hydroxylation sites is 1. The maximum Gasteiger partial charge on any atom is 0.164 e. The summed E-state index contributed by atoms with van der Waals surface area (Å²) in [6, 6.07) is 71.6. The Morgan fingerprint density at radius 3 is 1.37 bits per heavy atom. The van der Waals surface area contributed by atoms with E-state index >= 15 is 0 Å². The third-order valence-corrected chi connectivity index (χ3v) is 10.6. The number of nitriles is 1. The molecule has 0 aliphatic carbocycles. The Balaban J connectivity index is 1.13. The molecule has 0 aliphatic heterocycles. The molecule has 0 bridgehead atoms. The van der Waals surface area contributed by atoms with E-state index < -0.39 is 0 Å². The first-order valence-corrected chi connectivity index (χ1v) is 19.7. The van der Waals surface area contributed by atoms with Crippen molar-refractivity contribution in [3.05, 3.63) is 212 Å². The zero-order chi connectivity index (χ0) is 40.3. The van der Waals surface area contributed by atoms with Gasteiger partial charge in [0, 0.05) is 33.2 Å². The van der Waals surface area contributed by atoms with Gasteiger partial charge in [-0.15, -0.1) is 0 Å². The summed E-state index contributed by atoms with van der Waals surface area (Å²) in [5.41, 5.74) is 12.9. The number of aromatic nitrogens is 5. The molecule has 0 spiro atoms. The Hall–Kier alpha value is -8.40. The van der Waals surface area contributed by atoms with Gasteiger partial charge < -0.3 is 0 Å². The lowest BCUT2D eigenvalue weighted by atomic mass is 9.89. The molecule has 0 aliphatic rings. The molecular weight excluding hydrogens is 733 g/mol. The smallest absolute Gasteiger partial charge is 0.164 e. The number of rotatable bonds is 8. The Bertz CT molecular complexity index is 3230. The van der Waals surface area contributed by atoms with Gasteiger partial charge in [0.2, 0.25) is 0 Å². The molecule has 8 aromatic carbocycles. The fraction of sp³-hybridized carbons (Fsp3) is 0. The topological polar surface area (TPSA) is 88.2 Å². The minimum Gasteiger partial charge on any atom is -0.228 e. The van der Waals surface area contributed by atoms with Crippen molar-refractivity contribution >= 4 is 10.9 Å². The predicted octanol–water partition coefficient (Wildman–Crippen LogP) is 13.0. The van der Waals surface area contributed by atoms with Crippen LogP contribution in [0.2, 0.25) is 0 Å². The summed E-state index contributed by atoms with van der Waals surface area (Å²) < 4.78 is 0. The first-order valence-electron chi connectivity index (χ1n) is 19.7. The second-order valence-electron chi connectivity index (χ2n) is 14.4. The van der Waals surface area contributed by atoms with Crippen LogP contribution in [0, 0.1) is 11.3 Å². The van der Waals surface area contributed by atoms with Crippen LogP contribution in [0.1, 0.15) is 5.56 Å². The molecule has 0 radical (unpaired) electrons. The summed E-state index contributed by atoms with van der Waals surface area (Å²) in [5, 5.41) is 10.6. The van der Waals surface area contributed by atoms with Gasteiger partial charge in [0.1, 0.15) is 0 Å². The van der Waals surface area contributed by atoms with Crippen LogP contribution in [0.25, 0.3) is 101 Å². The number of nitrogens with zero attached hydrogens (tertiary/aromatic N) is 6. The third-order valence-electron chi connectivity index (χ3n) is 10.6. The maximum atomic E-state index is 9.57. The average molecular weight is 767 g/mol. The van der Waals surface area contributed by atoms with Crippen LogP contribution in [0.15, 0.2) is 206 Å². The van der Waals surface area contributed by atoms with Crippen molar-refractivity contribution < 1.29 is 0 Å². The summed E-state index contributed by atoms with van der Waals surface area (Å²) in [5.74, 6) is 2.33. The van der Waals surface area contributed by atoms with Gasteiger partial charge in [0.15, 0.2) is 23.3 Å². The molecule has 0 atom stereocenters. The zero-order valence-electron chi connectivity index (χ0n) is 32.3. The zero-order valence-corrected chi connectivity index (χ0v) is 32.3. The molecule has 0 fully saturated rings. The summed E-state index contributed by atoms with van der Waals surface area (Å²) >= 11 is 0. The number of hydrogen-bond acceptors (Lipinski definition) is 6. The van der Waals surface area contributed by atoms with Crippen molar-refractivity contribution in [1.29, 1.82) is 5.26 Å². The van der Waals surface area contributed by atoms with Crippen LogP contribution in [-0.4, -0.2) is 24.9 Å². The van der Waals surface area contributed by atoms with Gasteiger partial charge in [0.05, 0.1) is 22.8 Å². The van der Waals surface area contributed by atoms with E-state index in [1.54, 1.807) is 0 Å². The van der Waals surface area contributed by atoms with E-state index in [0.29, 0.717) is 28.9 Å². The lowest BCUT2D eigenvalue weighted by molar-refractivity contribution is 1.07. The third kappa shape index (κ3) is 6.97. The second-order valence-corrected chi connectivity index (χ2v) is 14.4. The van der Waals surface area contributed by atoms with E-state index in [0.717, 1.165) is 77.8 Å². The molecule has 2 aromatic heterocycles. The monoisotopic (exact) mass is 766 g/mol. The standard InChI is InChI=1S/C54H34N6/c55-35-36-17-15-22-39(33-36)40-23-16-24-41(34-40)52-58-51(38-20-5-2-6-21-38)59-54(60-52)47-30-12-10-28-45(47)43-26-8-7-25-42(43)44-27-9-11-29-46(44)53-56-49-32-14-13-31-48(49)50(57-53)37-18-3-1-4-19-37/h1-34H. The highest BCUT2D eigenvalue weighted by molar-refractivity contribution is 5.97. The summed E-state index contributed by atoms with van der Waals surface area (Å²) in [4.78, 5) is 25.8. The van der Waals surface area contributed by atoms with Crippen molar-refractivity contribution in [3.8, 4) is 96.3 Å². The Kier molecular flexibility index (Phi) is 9.51. The summed E-state index contributed by atoms with van der Waals surface area (Å²) in [6.07, 6.45) is 0. The maximum absolute atomic E-state index is 9.57. The van der Waals surface area contributed by atoms with Gasteiger partial charge >= 0.3 is 0 Å². The van der Waals surface area contributed by atoms with Crippen molar-refractivity contribution in [3.63, 3.8) is 0 Å².